The average molecular weight is 315 g/mol. The third-order valence-electron chi connectivity index (χ3n) is 2.88. The molecule has 0 radical (unpaired) electrons. The zero-order chi connectivity index (χ0) is 16.1. The smallest absolute Gasteiger partial charge is 0.388 e. The number of rotatable bonds is 5. The lowest BCUT2D eigenvalue weighted by Crippen LogP contribution is -2.04. The molecule has 3 aromatic rings. The molecule has 0 amide bonds. The van der Waals surface area contributed by atoms with Crippen LogP contribution in [0.2, 0.25) is 0 Å². The van der Waals surface area contributed by atoms with Crippen LogP contribution in [0.3, 0.4) is 0 Å². The Labute approximate surface area is 130 Å². The summed E-state index contributed by atoms with van der Waals surface area (Å²) in [6, 6.07) is 8.04. The van der Waals surface area contributed by atoms with Crippen molar-refractivity contribution in [2.75, 3.05) is 5.32 Å². The fourth-order valence-corrected chi connectivity index (χ4v) is 1.94. The van der Waals surface area contributed by atoms with E-state index in [2.05, 4.69) is 30.0 Å². The predicted octanol–water partition coefficient (Wildman–Crippen LogP) is 3.28. The van der Waals surface area contributed by atoms with E-state index in [0.717, 1.165) is 5.56 Å². The second-order valence-electron chi connectivity index (χ2n) is 4.38. The van der Waals surface area contributed by atoms with Gasteiger partial charge in [0.15, 0.2) is 0 Å². The van der Waals surface area contributed by atoms with Gasteiger partial charge in [-0.05, 0) is 18.2 Å². The minimum Gasteiger partial charge on any atom is -0.417 e. The highest BCUT2D eigenvalue weighted by molar-refractivity contribution is 5.77. The van der Waals surface area contributed by atoms with Gasteiger partial charge >= 0.3 is 6.61 Å². The maximum atomic E-state index is 12.3. The Balaban J connectivity index is 1.89. The summed E-state index contributed by atoms with van der Waals surface area (Å²) < 4.78 is 28.8. The van der Waals surface area contributed by atoms with Crippen molar-refractivity contribution in [2.45, 2.75) is 6.61 Å². The van der Waals surface area contributed by atoms with Gasteiger partial charge < -0.3 is 10.1 Å². The molecule has 0 aromatic carbocycles. The van der Waals surface area contributed by atoms with Crippen LogP contribution in [0.4, 0.5) is 20.3 Å². The molecular weight excluding hydrogens is 304 g/mol. The van der Waals surface area contributed by atoms with Crippen LogP contribution >= 0.6 is 0 Å². The van der Waals surface area contributed by atoms with Gasteiger partial charge in [-0.3, -0.25) is 4.98 Å². The molecule has 116 valence electrons. The number of aromatic nitrogens is 4. The zero-order valence-corrected chi connectivity index (χ0v) is 11.7. The van der Waals surface area contributed by atoms with Gasteiger partial charge in [0.1, 0.15) is 12.1 Å². The number of ether oxygens (including phenoxy) is 1. The zero-order valence-electron chi connectivity index (χ0n) is 11.7. The molecule has 0 saturated heterocycles. The van der Waals surface area contributed by atoms with Crippen molar-refractivity contribution in [3.63, 3.8) is 0 Å². The van der Waals surface area contributed by atoms with Gasteiger partial charge in [0.2, 0.25) is 5.88 Å². The first kappa shape index (κ1) is 14.8. The van der Waals surface area contributed by atoms with Crippen molar-refractivity contribution in [3.8, 4) is 17.1 Å². The Morgan fingerprint density at radius 3 is 2.70 bits per heavy atom. The Kier molecular flexibility index (Phi) is 4.32. The van der Waals surface area contributed by atoms with Gasteiger partial charge in [0, 0.05) is 30.2 Å². The lowest BCUT2D eigenvalue weighted by atomic mass is 10.1. The molecule has 8 heteroatoms. The molecule has 3 aromatic heterocycles. The summed E-state index contributed by atoms with van der Waals surface area (Å²) in [5, 5.41) is 3.05. The topological polar surface area (TPSA) is 72.8 Å². The van der Waals surface area contributed by atoms with E-state index in [4.69, 9.17) is 0 Å². The Hall–Kier alpha value is -3.16. The standard InChI is InChI=1S/C15H11F2N5O/c16-15(17)23-14-3-1-2-13(22-14)21-12-5-6-18-8-10(12)11-4-7-19-9-20-11/h1-9,15H,(H,18,21,22). The number of alkyl halides is 2. The van der Waals surface area contributed by atoms with E-state index in [1.165, 1.54) is 12.4 Å². The van der Waals surface area contributed by atoms with Crippen LogP contribution in [-0.2, 0) is 0 Å². The van der Waals surface area contributed by atoms with Crippen LogP contribution in [0.1, 0.15) is 0 Å². The molecule has 0 aliphatic heterocycles. The normalized spacial score (nSPS) is 10.6. The summed E-state index contributed by atoms with van der Waals surface area (Å²) in [4.78, 5) is 16.1. The van der Waals surface area contributed by atoms with Crippen molar-refractivity contribution in [1.82, 2.24) is 19.9 Å². The number of nitrogens with one attached hydrogen (secondary N) is 1. The molecule has 0 aliphatic rings. The van der Waals surface area contributed by atoms with E-state index in [0.29, 0.717) is 17.2 Å². The second-order valence-corrected chi connectivity index (χ2v) is 4.38. The second kappa shape index (κ2) is 6.73. The van der Waals surface area contributed by atoms with Crippen molar-refractivity contribution in [2.24, 2.45) is 0 Å². The molecular formula is C15H11F2N5O. The predicted molar refractivity (Wildman–Crippen MR) is 79.4 cm³/mol. The quantitative estimate of drug-likeness (QED) is 0.779. The van der Waals surface area contributed by atoms with Crippen molar-refractivity contribution < 1.29 is 13.5 Å². The summed E-state index contributed by atoms with van der Waals surface area (Å²) >= 11 is 0. The van der Waals surface area contributed by atoms with Gasteiger partial charge in [0.25, 0.3) is 0 Å². The fourth-order valence-electron chi connectivity index (χ4n) is 1.94. The summed E-state index contributed by atoms with van der Waals surface area (Å²) in [6.45, 7) is -2.92. The Bertz CT molecular complexity index is 786. The number of hydrogen-bond acceptors (Lipinski definition) is 6. The summed E-state index contributed by atoms with van der Waals surface area (Å²) in [6.07, 6.45) is 6.30. The molecule has 0 bridgehead atoms. The third kappa shape index (κ3) is 3.73. The first-order chi connectivity index (χ1) is 11.2. The third-order valence-corrected chi connectivity index (χ3v) is 2.88. The van der Waals surface area contributed by atoms with Gasteiger partial charge in [0.05, 0.1) is 11.4 Å². The minimum absolute atomic E-state index is 0.164. The molecule has 0 atom stereocenters. The first-order valence-electron chi connectivity index (χ1n) is 6.61. The average Bonchev–Trinajstić information content (AvgIpc) is 2.56. The van der Waals surface area contributed by atoms with Gasteiger partial charge in [-0.2, -0.15) is 13.8 Å². The molecule has 1 N–H and O–H groups in total. The van der Waals surface area contributed by atoms with Gasteiger partial charge in [-0.25, -0.2) is 9.97 Å². The maximum absolute atomic E-state index is 12.3. The lowest BCUT2D eigenvalue weighted by Gasteiger charge is -2.11. The van der Waals surface area contributed by atoms with Gasteiger partial charge in [-0.1, -0.05) is 6.07 Å². The Morgan fingerprint density at radius 2 is 1.91 bits per heavy atom. The first-order valence-corrected chi connectivity index (χ1v) is 6.61. The largest absolute Gasteiger partial charge is 0.417 e. The van der Waals surface area contributed by atoms with Crippen molar-refractivity contribution in [1.29, 1.82) is 0 Å². The van der Waals surface area contributed by atoms with Crippen LogP contribution in [0.15, 0.2) is 55.2 Å². The molecule has 23 heavy (non-hydrogen) atoms. The summed E-state index contributed by atoms with van der Waals surface area (Å²) in [5.74, 6) is 0.201. The van der Waals surface area contributed by atoms with Crippen molar-refractivity contribution >= 4 is 11.5 Å². The lowest BCUT2D eigenvalue weighted by molar-refractivity contribution is -0.0527. The number of nitrogens with zero attached hydrogens (tertiary/aromatic N) is 4. The van der Waals surface area contributed by atoms with Crippen molar-refractivity contribution in [3.05, 3.63) is 55.2 Å². The number of hydrogen-bond donors (Lipinski definition) is 1. The highest BCUT2D eigenvalue weighted by atomic mass is 19.3. The summed E-state index contributed by atoms with van der Waals surface area (Å²) in [5.41, 5.74) is 2.09. The van der Waals surface area contributed by atoms with E-state index in [9.17, 15) is 8.78 Å². The molecule has 0 spiro atoms. The molecule has 0 fully saturated rings. The highest BCUT2D eigenvalue weighted by Gasteiger charge is 2.09. The van der Waals surface area contributed by atoms with E-state index in [1.54, 1.807) is 42.9 Å². The highest BCUT2D eigenvalue weighted by Crippen LogP contribution is 2.27. The van der Waals surface area contributed by atoms with Gasteiger partial charge in [-0.15, -0.1) is 0 Å². The molecule has 3 rings (SSSR count). The van der Waals surface area contributed by atoms with E-state index in [1.807, 2.05) is 0 Å². The molecule has 0 unspecified atom stereocenters. The van der Waals surface area contributed by atoms with Crippen LogP contribution in [0.25, 0.3) is 11.3 Å². The fraction of sp³-hybridized carbons (Fsp3) is 0.0667. The molecule has 3 heterocycles. The van der Waals surface area contributed by atoms with Crippen LogP contribution in [-0.4, -0.2) is 26.5 Å². The van der Waals surface area contributed by atoms with Crippen LogP contribution in [0.5, 0.6) is 5.88 Å². The molecule has 0 saturated carbocycles. The maximum Gasteiger partial charge on any atom is 0.388 e. The molecule has 0 aliphatic carbocycles. The minimum atomic E-state index is -2.92. The number of halogens is 2. The van der Waals surface area contributed by atoms with E-state index >= 15 is 0 Å². The van der Waals surface area contributed by atoms with E-state index < -0.39 is 6.61 Å². The number of pyridine rings is 2. The number of anilines is 2. The monoisotopic (exact) mass is 315 g/mol. The summed E-state index contributed by atoms with van der Waals surface area (Å²) in [7, 11) is 0. The van der Waals surface area contributed by atoms with Crippen LogP contribution < -0.4 is 10.1 Å². The Morgan fingerprint density at radius 1 is 1.04 bits per heavy atom. The van der Waals surface area contributed by atoms with Crippen LogP contribution in [0, 0.1) is 0 Å². The molecule has 6 nitrogen and oxygen atoms in total. The SMILES string of the molecule is FC(F)Oc1cccc(Nc2ccncc2-c2ccncn2)n1. The van der Waals surface area contributed by atoms with E-state index in [-0.39, 0.29) is 5.88 Å².